The van der Waals surface area contributed by atoms with E-state index < -0.39 is 29.6 Å². The maximum atomic E-state index is 12.0. The molecule has 0 unspecified atom stereocenters. The summed E-state index contributed by atoms with van der Waals surface area (Å²) < 4.78 is 12.5. The number of aromatic nitrogens is 2. The second-order valence-corrected chi connectivity index (χ2v) is 5.98. The summed E-state index contributed by atoms with van der Waals surface area (Å²) in [6.07, 6.45) is 1.11. The molecule has 1 N–H and O–H groups in total. The molecular weight excluding hydrogens is 316 g/mol. The van der Waals surface area contributed by atoms with Crippen LogP contribution < -0.4 is 11.2 Å². The van der Waals surface area contributed by atoms with Crippen LogP contribution in [0.15, 0.2) is 15.8 Å². The summed E-state index contributed by atoms with van der Waals surface area (Å²) in [5, 5.41) is 0. The summed E-state index contributed by atoms with van der Waals surface area (Å²) in [6.45, 7) is 4.91. The first-order valence-electron chi connectivity index (χ1n) is 7.98. The molecule has 1 aromatic rings. The lowest BCUT2D eigenvalue weighted by atomic mass is 10.1. The van der Waals surface area contributed by atoms with Gasteiger partial charge in [0, 0.05) is 24.6 Å². The minimum atomic E-state index is -0.608. The van der Waals surface area contributed by atoms with Crippen molar-refractivity contribution in [3.8, 4) is 0 Å². The van der Waals surface area contributed by atoms with E-state index in [2.05, 4.69) is 4.98 Å². The van der Waals surface area contributed by atoms with Crippen molar-refractivity contribution in [1.29, 1.82) is 0 Å². The molecule has 0 aromatic carbocycles. The number of carbonyl (C=O) groups excluding carboxylic acids is 2. The van der Waals surface area contributed by atoms with Crippen molar-refractivity contribution >= 4 is 11.8 Å². The molecule has 0 spiro atoms. The zero-order valence-corrected chi connectivity index (χ0v) is 14.0. The number of hydrogen-bond acceptors (Lipinski definition) is 6. The molecule has 24 heavy (non-hydrogen) atoms. The molecule has 0 bridgehead atoms. The number of hydrogen-bond donors (Lipinski definition) is 1. The van der Waals surface area contributed by atoms with E-state index in [9.17, 15) is 19.2 Å². The Morgan fingerprint density at radius 3 is 2.71 bits per heavy atom. The number of aromatic amines is 1. The van der Waals surface area contributed by atoms with E-state index in [1.54, 1.807) is 6.92 Å². The molecule has 0 amide bonds. The topological polar surface area (TPSA) is 107 Å². The van der Waals surface area contributed by atoms with Crippen molar-refractivity contribution in [2.24, 2.45) is 0 Å². The number of carbonyl (C=O) groups is 2. The van der Waals surface area contributed by atoms with E-state index in [-0.39, 0.29) is 24.7 Å². The fourth-order valence-corrected chi connectivity index (χ4v) is 2.66. The number of nitrogens with one attached hydrogen (secondary N) is 1. The predicted molar refractivity (Wildman–Crippen MR) is 84.7 cm³/mol. The van der Waals surface area contributed by atoms with Crippen LogP contribution in [0.25, 0.3) is 0 Å². The van der Waals surface area contributed by atoms with Crippen LogP contribution in [0.4, 0.5) is 0 Å². The van der Waals surface area contributed by atoms with Crippen molar-refractivity contribution in [2.75, 3.05) is 0 Å². The van der Waals surface area contributed by atoms with E-state index >= 15 is 0 Å². The molecule has 132 valence electrons. The number of aryl methyl sites for hydroxylation is 1. The van der Waals surface area contributed by atoms with Gasteiger partial charge < -0.3 is 14.3 Å². The largest absolute Gasteiger partial charge is 0.459 e. The molecule has 1 saturated heterocycles. The summed E-state index contributed by atoms with van der Waals surface area (Å²) in [5.74, 6) is -0.530. The van der Waals surface area contributed by atoms with Crippen molar-refractivity contribution in [3.63, 3.8) is 0 Å². The van der Waals surface area contributed by atoms with E-state index in [0.29, 0.717) is 18.4 Å². The average molecular weight is 338 g/mol. The molecule has 0 radical (unpaired) electrons. The molecule has 1 aliphatic heterocycles. The molecule has 1 aromatic heterocycles. The van der Waals surface area contributed by atoms with Crippen molar-refractivity contribution in [3.05, 3.63) is 32.6 Å². The normalized spacial score (nSPS) is 23.2. The average Bonchev–Trinajstić information content (AvgIpc) is 2.91. The lowest BCUT2D eigenvalue weighted by Gasteiger charge is -2.17. The Kier molecular flexibility index (Phi) is 5.71. The van der Waals surface area contributed by atoms with Crippen LogP contribution in [0.1, 0.15) is 51.3 Å². The van der Waals surface area contributed by atoms with Gasteiger partial charge in [0.1, 0.15) is 18.1 Å². The van der Waals surface area contributed by atoms with E-state index in [4.69, 9.17) is 9.47 Å². The van der Waals surface area contributed by atoms with Gasteiger partial charge in [-0.2, -0.15) is 0 Å². The van der Waals surface area contributed by atoms with Crippen LogP contribution in [0, 0.1) is 6.92 Å². The van der Waals surface area contributed by atoms with Gasteiger partial charge in [-0.3, -0.25) is 19.1 Å². The van der Waals surface area contributed by atoms with Crippen molar-refractivity contribution < 1.29 is 19.1 Å². The van der Waals surface area contributed by atoms with Gasteiger partial charge in [0.2, 0.25) is 0 Å². The van der Waals surface area contributed by atoms with Crippen LogP contribution in [-0.2, 0) is 19.1 Å². The Morgan fingerprint density at radius 2 is 2.08 bits per heavy atom. The van der Waals surface area contributed by atoms with Crippen LogP contribution in [0.5, 0.6) is 0 Å². The second kappa shape index (κ2) is 7.57. The number of ether oxygens (including phenoxy) is 2. The standard InChI is InChI=1S/C16H22N2O6/c1-4-11-12(24-14(20)6-5-10(3)19)7-13(23-11)18-8-9(2)15(21)17-16(18)22/h8,11-13H,4-7H2,1-3H3,(H,17,21,22)/t11-,12-,13-/m1/s1. The Bertz CT molecular complexity index is 735. The number of Topliss-reactive ketones (excluding diaryl/α,β-unsaturated/α-hetero) is 1. The van der Waals surface area contributed by atoms with Crippen LogP contribution >= 0.6 is 0 Å². The van der Waals surface area contributed by atoms with Gasteiger partial charge in [-0.15, -0.1) is 0 Å². The number of ketones is 1. The minimum Gasteiger partial charge on any atom is -0.459 e. The quantitative estimate of drug-likeness (QED) is 0.770. The minimum absolute atomic E-state index is 0.0324. The van der Waals surface area contributed by atoms with Gasteiger partial charge in [0.05, 0.1) is 12.5 Å². The highest BCUT2D eigenvalue weighted by Gasteiger charge is 2.38. The first-order valence-corrected chi connectivity index (χ1v) is 7.98. The van der Waals surface area contributed by atoms with Gasteiger partial charge in [-0.25, -0.2) is 4.79 Å². The number of nitrogens with zero attached hydrogens (tertiary/aromatic N) is 1. The third-order valence-corrected chi connectivity index (χ3v) is 4.00. The predicted octanol–water partition coefficient (Wildman–Crippen LogP) is 0.824. The Morgan fingerprint density at radius 1 is 1.38 bits per heavy atom. The van der Waals surface area contributed by atoms with E-state index in [0.717, 1.165) is 0 Å². The third kappa shape index (κ3) is 4.19. The Hall–Kier alpha value is -2.22. The first-order chi connectivity index (χ1) is 11.3. The van der Waals surface area contributed by atoms with Gasteiger partial charge in [-0.1, -0.05) is 6.92 Å². The Labute approximate surface area is 138 Å². The van der Waals surface area contributed by atoms with Crippen molar-refractivity contribution in [1.82, 2.24) is 9.55 Å². The van der Waals surface area contributed by atoms with Gasteiger partial charge in [-0.05, 0) is 20.3 Å². The monoisotopic (exact) mass is 338 g/mol. The maximum absolute atomic E-state index is 12.0. The molecule has 8 heteroatoms. The smallest absolute Gasteiger partial charge is 0.330 e. The SMILES string of the molecule is CC[C@H]1O[C@@H](n2cc(C)c(=O)[nH]c2=O)C[C@H]1OC(=O)CCC(C)=O. The fourth-order valence-electron chi connectivity index (χ4n) is 2.66. The number of esters is 1. The highest BCUT2D eigenvalue weighted by Crippen LogP contribution is 2.31. The van der Waals surface area contributed by atoms with Crippen LogP contribution in [-0.4, -0.2) is 33.5 Å². The van der Waals surface area contributed by atoms with Crippen molar-refractivity contribution in [2.45, 2.75) is 64.9 Å². The summed E-state index contributed by atoms with van der Waals surface area (Å²) in [7, 11) is 0. The molecule has 0 aliphatic carbocycles. The molecule has 8 nitrogen and oxygen atoms in total. The zero-order chi connectivity index (χ0) is 17.9. The molecule has 2 heterocycles. The fraction of sp³-hybridized carbons (Fsp3) is 0.625. The van der Waals surface area contributed by atoms with Crippen LogP contribution in [0.3, 0.4) is 0 Å². The van der Waals surface area contributed by atoms with Gasteiger partial charge in [0.25, 0.3) is 5.56 Å². The van der Waals surface area contributed by atoms with Crippen LogP contribution in [0.2, 0.25) is 0 Å². The lowest BCUT2D eigenvalue weighted by Crippen LogP contribution is -2.33. The summed E-state index contributed by atoms with van der Waals surface area (Å²) in [4.78, 5) is 48.4. The first kappa shape index (κ1) is 18.1. The van der Waals surface area contributed by atoms with Gasteiger partial charge in [0.15, 0.2) is 0 Å². The third-order valence-electron chi connectivity index (χ3n) is 4.00. The molecule has 1 fully saturated rings. The molecule has 0 saturated carbocycles. The molecule has 1 aliphatic rings. The van der Waals surface area contributed by atoms with E-state index in [1.165, 1.54) is 17.7 Å². The molecular formula is C16H22N2O6. The number of rotatable bonds is 6. The molecule has 3 atom stereocenters. The summed E-state index contributed by atoms with van der Waals surface area (Å²) in [5.41, 5.74) is -0.601. The lowest BCUT2D eigenvalue weighted by molar-refractivity contribution is -0.152. The molecule has 2 rings (SSSR count). The highest BCUT2D eigenvalue weighted by molar-refractivity contribution is 5.81. The summed E-state index contributed by atoms with van der Waals surface area (Å²) >= 11 is 0. The summed E-state index contributed by atoms with van der Waals surface area (Å²) in [6, 6.07) is 0. The van der Waals surface area contributed by atoms with Gasteiger partial charge >= 0.3 is 11.7 Å². The zero-order valence-electron chi connectivity index (χ0n) is 14.0. The second-order valence-electron chi connectivity index (χ2n) is 5.98. The number of H-pyrrole nitrogens is 1. The van der Waals surface area contributed by atoms with E-state index in [1.807, 2.05) is 6.92 Å². The maximum Gasteiger partial charge on any atom is 0.330 e. The Balaban J connectivity index is 2.10. The highest BCUT2D eigenvalue weighted by atomic mass is 16.6.